The van der Waals surface area contributed by atoms with Gasteiger partial charge in [-0.05, 0) is 29.7 Å². The molecule has 3 aromatic carbocycles. The zero-order chi connectivity index (χ0) is 14.8. The Labute approximate surface area is 135 Å². The molecule has 0 heterocycles. The molecule has 0 amide bonds. The summed E-state index contributed by atoms with van der Waals surface area (Å²) in [5, 5.41) is 5.92. The van der Waals surface area contributed by atoms with E-state index in [4.69, 9.17) is 11.6 Å². The number of fused-ring (bicyclic) bond motifs is 1. The van der Waals surface area contributed by atoms with Crippen LogP contribution in [0.5, 0.6) is 0 Å². The second-order valence-electron chi connectivity index (χ2n) is 4.73. The van der Waals surface area contributed by atoms with E-state index in [0.717, 1.165) is 20.9 Å². The van der Waals surface area contributed by atoms with E-state index < -0.39 is 0 Å². The van der Waals surface area contributed by atoms with E-state index in [1.165, 1.54) is 6.07 Å². The minimum Gasteiger partial charge on any atom is -0.380 e. The monoisotopic (exact) mass is 363 g/mol. The van der Waals surface area contributed by atoms with Crippen molar-refractivity contribution in [1.82, 2.24) is 0 Å². The van der Waals surface area contributed by atoms with E-state index in [9.17, 15) is 4.39 Å². The molecule has 0 aliphatic rings. The van der Waals surface area contributed by atoms with Crippen molar-refractivity contribution in [3.05, 3.63) is 75.5 Å². The lowest BCUT2D eigenvalue weighted by atomic mass is 10.1. The maximum Gasteiger partial charge on any atom is 0.129 e. The molecule has 21 heavy (non-hydrogen) atoms. The summed E-state index contributed by atoms with van der Waals surface area (Å²) in [7, 11) is 0. The van der Waals surface area contributed by atoms with Gasteiger partial charge in [-0.25, -0.2) is 4.39 Å². The molecule has 0 atom stereocenters. The summed E-state index contributed by atoms with van der Waals surface area (Å²) in [5.74, 6) is -0.295. The number of hydrogen-bond donors (Lipinski definition) is 1. The zero-order valence-corrected chi connectivity index (χ0v) is 13.4. The average molecular weight is 365 g/mol. The fourth-order valence-corrected chi connectivity index (χ4v) is 2.91. The van der Waals surface area contributed by atoms with Crippen molar-refractivity contribution < 1.29 is 4.39 Å². The number of hydrogen-bond acceptors (Lipinski definition) is 1. The molecule has 0 spiro atoms. The molecule has 0 aromatic heterocycles. The van der Waals surface area contributed by atoms with Crippen LogP contribution in [0.1, 0.15) is 5.56 Å². The quantitative estimate of drug-likeness (QED) is 0.600. The van der Waals surface area contributed by atoms with E-state index in [1.807, 2.05) is 36.4 Å². The van der Waals surface area contributed by atoms with E-state index in [2.05, 4.69) is 21.2 Å². The highest BCUT2D eigenvalue weighted by molar-refractivity contribution is 9.10. The van der Waals surface area contributed by atoms with Crippen molar-refractivity contribution in [3.8, 4) is 0 Å². The first-order valence-electron chi connectivity index (χ1n) is 6.50. The minimum atomic E-state index is -0.295. The molecule has 3 rings (SSSR count). The Kier molecular flexibility index (Phi) is 4.13. The van der Waals surface area contributed by atoms with Crippen molar-refractivity contribution in [2.24, 2.45) is 0 Å². The van der Waals surface area contributed by atoms with Crippen LogP contribution in [0.15, 0.2) is 59.1 Å². The second kappa shape index (κ2) is 6.04. The summed E-state index contributed by atoms with van der Waals surface area (Å²) >= 11 is 9.31. The van der Waals surface area contributed by atoms with Crippen molar-refractivity contribution in [2.45, 2.75) is 6.54 Å². The maximum absolute atomic E-state index is 13.8. The van der Waals surface area contributed by atoms with Crippen LogP contribution in [-0.2, 0) is 6.54 Å². The lowest BCUT2D eigenvalue weighted by Crippen LogP contribution is -2.02. The van der Waals surface area contributed by atoms with E-state index in [1.54, 1.807) is 12.1 Å². The van der Waals surface area contributed by atoms with Gasteiger partial charge in [0.25, 0.3) is 0 Å². The number of benzene rings is 3. The fourth-order valence-electron chi connectivity index (χ4n) is 2.27. The van der Waals surface area contributed by atoms with Crippen LogP contribution in [-0.4, -0.2) is 0 Å². The van der Waals surface area contributed by atoms with E-state index in [0.29, 0.717) is 17.1 Å². The van der Waals surface area contributed by atoms with Crippen LogP contribution in [0.3, 0.4) is 0 Å². The Morgan fingerprint density at radius 2 is 1.76 bits per heavy atom. The molecule has 0 saturated carbocycles. The Bertz CT molecular complexity index is 804. The average Bonchev–Trinajstić information content (AvgIpc) is 2.48. The third-order valence-electron chi connectivity index (χ3n) is 3.36. The van der Waals surface area contributed by atoms with E-state index >= 15 is 0 Å². The van der Waals surface area contributed by atoms with Crippen LogP contribution in [0.2, 0.25) is 5.02 Å². The molecule has 0 aliphatic heterocycles. The molecular formula is C17H12BrClFN. The zero-order valence-electron chi connectivity index (χ0n) is 11.0. The number of nitrogens with one attached hydrogen (secondary N) is 1. The molecule has 0 saturated heterocycles. The van der Waals surface area contributed by atoms with Crippen LogP contribution in [0, 0.1) is 5.82 Å². The van der Waals surface area contributed by atoms with Gasteiger partial charge in [-0.15, -0.1) is 0 Å². The summed E-state index contributed by atoms with van der Waals surface area (Å²) in [6.45, 7) is 0.411. The second-order valence-corrected chi connectivity index (χ2v) is 6.02. The summed E-state index contributed by atoms with van der Waals surface area (Å²) < 4.78 is 14.8. The molecule has 0 unspecified atom stereocenters. The Morgan fingerprint density at radius 3 is 2.52 bits per heavy atom. The largest absolute Gasteiger partial charge is 0.380 e. The Balaban J connectivity index is 1.90. The minimum absolute atomic E-state index is 0.295. The molecular weight excluding hydrogens is 353 g/mol. The number of anilines is 1. The number of halogens is 3. The third kappa shape index (κ3) is 3.04. The molecule has 0 bridgehead atoms. The van der Waals surface area contributed by atoms with Crippen molar-refractivity contribution in [2.75, 3.05) is 5.32 Å². The fraction of sp³-hybridized carbons (Fsp3) is 0.0588. The highest BCUT2D eigenvalue weighted by Crippen LogP contribution is 2.30. The van der Waals surface area contributed by atoms with Gasteiger partial charge in [-0.1, -0.05) is 57.9 Å². The van der Waals surface area contributed by atoms with Gasteiger partial charge in [0.05, 0.1) is 0 Å². The molecule has 106 valence electrons. The third-order valence-corrected chi connectivity index (χ3v) is 4.28. The summed E-state index contributed by atoms with van der Waals surface area (Å²) in [4.78, 5) is 0. The van der Waals surface area contributed by atoms with Crippen LogP contribution in [0.4, 0.5) is 10.1 Å². The lowest BCUT2D eigenvalue weighted by Gasteiger charge is -2.11. The van der Waals surface area contributed by atoms with E-state index in [-0.39, 0.29) is 5.82 Å². The Hall–Kier alpha value is -1.58. The SMILES string of the molecule is Fc1cc(Cl)ccc1CNc1ccc(Br)c2ccccc12. The molecule has 0 aliphatic carbocycles. The first-order valence-corrected chi connectivity index (χ1v) is 7.67. The summed E-state index contributed by atoms with van der Waals surface area (Å²) in [5.41, 5.74) is 1.56. The van der Waals surface area contributed by atoms with Gasteiger partial charge < -0.3 is 5.32 Å². The highest BCUT2D eigenvalue weighted by Gasteiger charge is 2.06. The number of rotatable bonds is 3. The first kappa shape index (κ1) is 14.4. The van der Waals surface area contributed by atoms with Gasteiger partial charge in [-0.3, -0.25) is 0 Å². The van der Waals surface area contributed by atoms with Crippen molar-refractivity contribution >= 4 is 44.0 Å². The van der Waals surface area contributed by atoms with Crippen molar-refractivity contribution in [1.29, 1.82) is 0 Å². The van der Waals surface area contributed by atoms with Crippen LogP contribution in [0.25, 0.3) is 10.8 Å². The molecule has 4 heteroatoms. The summed E-state index contributed by atoms with van der Waals surface area (Å²) in [6.07, 6.45) is 0. The predicted molar refractivity (Wildman–Crippen MR) is 90.4 cm³/mol. The smallest absolute Gasteiger partial charge is 0.129 e. The van der Waals surface area contributed by atoms with Gasteiger partial charge in [0.2, 0.25) is 0 Å². The molecule has 0 radical (unpaired) electrons. The van der Waals surface area contributed by atoms with Gasteiger partial charge in [-0.2, -0.15) is 0 Å². The molecule has 1 nitrogen and oxygen atoms in total. The molecule has 0 fully saturated rings. The highest BCUT2D eigenvalue weighted by atomic mass is 79.9. The lowest BCUT2D eigenvalue weighted by molar-refractivity contribution is 0.613. The standard InChI is InChI=1S/C17H12BrClFN/c18-15-7-8-17(14-4-2-1-3-13(14)15)21-10-11-5-6-12(19)9-16(11)20/h1-9,21H,10H2. The van der Waals surface area contributed by atoms with Crippen LogP contribution < -0.4 is 5.32 Å². The topological polar surface area (TPSA) is 12.0 Å². The van der Waals surface area contributed by atoms with Gasteiger partial charge in [0, 0.05) is 32.7 Å². The predicted octanol–water partition coefficient (Wildman–Crippen LogP) is 6.01. The first-order chi connectivity index (χ1) is 10.1. The molecule has 3 aromatic rings. The Morgan fingerprint density at radius 1 is 1.00 bits per heavy atom. The van der Waals surface area contributed by atoms with Gasteiger partial charge in [0.15, 0.2) is 0 Å². The van der Waals surface area contributed by atoms with Crippen molar-refractivity contribution in [3.63, 3.8) is 0 Å². The van der Waals surface area contributed by atoms with Crippen LogP contribution >= 0.6 is 27.5 Å². The normalized spacial score (nSPS) is 10.8. The van der Waals surface area contributed by atoms with Gasteiger partial charge in [0.1, 0.15) is 5.82 Å². The molecule has 1 N–H and O–H groups in total. The van der Waals surface area contributed by atoms with Gasteiger partial charge >= 0.3 is 0 Å². The summed E-state index contributed by atoms with van der Waals surface area (Å²) in [6, 6.07) is 16.8. The maximum atomic E-state index is 13.8.